The second kappa shape index (κ2) is 7.67. The average molecular weight is 290 g/mol. The maximum Gasteiger partial charge on any atom is 0.277 e. The largest absolute Gasteiger partial charge is 0.493 e. The van der Waals surface area contributed by atoms with E-state index in [-0.39, 0.29) is 12.5 Å². The lowest BCUT2D eigenvalue weighted by atomic mass is 9.89. The molecule has 1 N–H and O–H groups in total. The van der Waals surface area contributed by atoms with E-state index in [4.69, 9.17) is 9.47 Å². The lowest BCUT2D eigenvalue weighted by Gasteiger charge is -2.18. The smallest absolute Gasteiger partial charge is 0.277 e. The van der Waals surface area contributed by atoms with Gasteiger partial charge < -0.3 is 9.47 Å². The fourth-order valence-corrected chi connectivity index (χ4v) is 2.42. The molecule has 0 heterocycles. The van der Waals surface area contributed by atoms with Crippen molar-refractivity contribution in [3.63, 3.8) is 0 Å². The Morgan fingerprint density at radius 1 is 1.38 bits per heavy atom. The molecular weight excluding hydrogens is 268 g/mol. The molecule has 0 saturated heterocycles. The van der Waals surface area contributed by atoms with E-state index in [1.54, 1.807) is 19.2 Å². The van der Waals surface area contributed by atoms with E-state index in [1.165, 1.54) is 6.42 Å². The molecule has 5 nitrogen and oxygen atoms in total. The van der Waals surface area contributed by atoms with Crippen LogP contribution < -0.4 is 14.9 Å². The molecule has 1 fully saturated rings. The number of hydrogen-bond donors (Lipinski definition) is 1. The van der Waals surface area contributed by atoms with Crippen molar-refractivity contribution in [3.8, 4) is 11.5 Å². The molecule has 1 aliphatic rings. The van der Waals surface area contributed by atoms with Crippen molar-refractivity contribution < 1.29 is 14.3 Å². The molecule has 1 aliphatic carbocycles. The summed E-state index contributed by atoms with van der Waals surface area (Å²) in [5.41, 5.74) is 3.63. The molecule has 0 spiro atoms. The summed E-state index contributed by atoms with van der Waals surface area (Å²) in [6.45, 7) is 2.13. The minimum Gasteiger partial charge on any atom is -0.493 e. The summed E-state index contributed by atoms with van der Waals surface area (Å²) in [6, 6.07) is 7.24. The van der Waals surface area contributed by atoms with Crippen LogP contribution in [0.4, 0.5) is 0 Å². The van der Waals surface area contributed by atoms with Crippen molar-refractivity contribution in [2.45, 2.75) is 32.6 Å². The Bertz CT molecular complexity index is 514. The summed E-state index contributed by atoms with van der Waals surface area (Å²) in [4.78, 5) is 11.8. The summed E-state index contributed by atoms with van der Waals surface area (Å²) < 4.78 is 10.6. The van der Waals surface area contributed by atoms with Gasteiger partial charge in [0.05, 0.1) is 7.11 Å². The highest BCUT2D eigenvalue weighted by Crippen LogP contribution is 2.25. The van der Waals surface area contributed by atoms with Gasteiger partial charge in [-0.25, -0.2) is 5.43 Å². The summed E-state index contributed by atoms with van der Waals surface area (Å²) in [5.74, 6) is 1.55. The van der Waals surface area contributed by atoms with E-state index in [1.807, 2.05) is 12.1 Å². The SMILES string of the molecule is COc1ccccc1OCC(=O)N/N=C1/CCC[C@@H](C)C1. The van der Waals surface area contributed by atoms with Crippen LogP contribution in [0.1, 0.15) is 32.6 Å². The number of carbonyl (C=O) groups is 1. The standard InChI is InChI=1S/C16H22N2O3/c1-12-6-5-7-13(10-12)17-18-16(19)11-21-15-9-4-3-8-14(15)20-2/h3-4,8-9,12H,5-7,10-11H2,1-2H3,(H,18,19)/b17-13-/t12-/m1/s1. The molecule has 5 heteroatoms. The highest BCUT2D eigenvalue weighted by molar-refractivity contribution is 5.87. The molecule has 0 unspecified atom stereocenters. The zero-order chi connectivity index (χ0) is 15.1. The average Bonchev–Trinajstić information content (AvgIpc) is 2.51. The molecule has 1 atom stereocenters. The molecule has 2 rings (SSSR count). The molecule has 0 aromatic heterocycles. The van der Waals surface area contributed by atoms with Crippen molar-refractivity contribution in [2.24, 2.45) is 11.0 Å². The predicted molar refractivity (Wildman–Crippen MR) is 81.7 cm³/mol. The van der Waals surface area contributed by atoms with Gasteiger partial charge in [-0.2, -0.15) is 5.10 Å². The Hall–Kier alpha value is -2.04. The number of carbonyl (C=O) groups excluding carboxylic acids is 1. The zero-order valence-corrected chi connectivity index (χ0v) is 12.6. The Morgan fingerprint density at radius 2 is 2.14 bits per heavy atom. The second-order valence-electron chi connectivity index (χ2n) is 5.35. The topological polar surface area (TPSA) is 59.9 Å². The van der Waals surface area contributed by atoms with E-state index in [2.05, 4.69) is 17.5 Å². The van der Waals surface area contributed by atoms with Crippen molar-refractivity contribution in [3.05, 3.63) is 24.3 Å². The normalized spacial score (nSPS) is 20.1. The van der Waals surface area contributed by atoms with Gasteiger partial charge in [0.2, 0.25) is 0 Å². The Kier molecular flexibility index (Phi) is 5.60. The quantitative estimate of drug-likeness (QED) is 0.848. The van der Waals surface area contributed by atoms with Crippen molar-refractivity contribution in [2.75, 3.05) is 13.7 Å². The van der Waals surface area contributed by atoms with Crippen LogP contribution in [0.3, 0.4) is 0 Å². The van der Waals surface area contributed by atoms with Gasteiger partial charge in [-0.3, -0.25) is 4.79 Å². The van der Waals surface area contributed by atoms with Crippen LogP contribution >= 0.6 is 0 Å². The number of para-hydroxylation sites is 2. The van der Waals surface area contributed by atoms with Crippen molar-refractivity contribution in [1.29, 1.82) is 0 Å². The molecule has 1 aromatic rings. The summed E-state index contributed by atoms with van der Waals surface area (Å²) in [5, 5.41) is 4.19. The number of hydrazone groups is 1. The highest BCUT2D eigenvalue weighted by Gasteiger charge is 2.14. The van der Waals surface area contributed by atoms with Crippen molar-refractivity contribution >= 4 is 11.6 Å². The molecule has 0 radical (unpaired) electrons. The summed E-state index contributed by atoms with van der Waals surface area (Å²) in [6.07, 6.45) is 4.32. The van der Waals surface area contributed by atoms with E-state index in [0.717, 1.165) is 25.0 Å². The highest BCUT2D eigenvalue weighted by atomic mass is 16.5. The number of rotatable bonds is 5. The van der Waals surface area contributed by atoms with Crippen molar-refractivity contribution in [1.82, 2.24) is 5.43 Å². The molecule has 0 aliphatic heterocycles. The number of nitrogens with one attached hydrogen (secondary N) is 1. The van der Waals surface area contributed by atoms with E-state index in [0.29, 0.717) is 17.4 Å². The molecule has 1 aromatic carbocycles. The first-order valence-electron chi connectivity index (χ1n) is 7.29. The van der Waals surface area contributed by atoms with Gasteiger partial charge in [-0.05, 0) is 43.7 Å². The molecule has 0 bridgehead atoms. The van der Waals surface area contributed by atoms with Crippen LogP contribution in [0.5, 0.6) is 11.5 Å². The van der Waals surface area contributed by atoms with Gasteiger partial charge in [-0.15, -0.1) is 0 Å². The lowest BCUT2D eigenvalue weighted by molar-refractivity contribution is -0.123. The number of nitrogens with zero attached hydrogens (tertiary/aromatic N) is 1. The second-order valence-corrected chi connectivity index (χ2v) is 5.35. The van der Waals surface area contributed by atoms with Gasteiger partial charge in [0.15, 0.2) is 18.1 Å². The maximum absolute atomic E-state index is 11.8. The van der Waals surface area contributed by atoms with Crippen LogP contribution in [-0.4, -0.2) is 25.3 Å². The Morgan fingerprint density at radius 3 is 2.86 bits per heavy atom. The van der Waals surface area contributed by atoms with Crippen LogP contribution in [0.15, 0.2) is 29.4 Å². The van der Waals surface area contributed by atoms with Crippen LogP contribution in [0.2, 0.25) is 0 Å². The predicted octanol–water partition coefficient (Wildman–Crippen LogP) is 2.76. The third kappa shape index (κ3) is 4.77. The molecule has 114 valence electrons. The molecule has 21 heavy (non-hydrogen) atoms. The monoisotopic (exact) mass is 290 g/mol. The van der Waals surface area contributed by atoms with Crippen LogP contribution in [0.25, 0.3) is 0 Å². The lowest BCUT2D eigenvalue weighted by Crippen LogP contribution is -2.27. The minimum absolute atomic E-state index is 0.0767. The van der Waals surface area contributed by atoms with E-state index < -0.39 is 0 Å². The van der Waals surface area contributed by atoms with Gasteiger partial charge in [0.25, 0.3) is 5.91 Å². The summed E-state index contributed by atoms with van der Waals surface area (Å²) in [7, 11) is 1.57. The molecule has 1 amide bonds. The van der Waals surface area contributed by atoms with Crippen LogP contribution in [-0.2, 0) is 4.79 Å². The van der Waals surface area contributed by atoms with E-state index in [9.17, 15) is 4.79 Å². The first-order valence-corrected chi connectivity index (χ1v) is 7.29. The minimum atomic E-state index is -0.258. The molecule has 1 saturated carbocycles. The Balaban J connectivity index is 1.81. The van der Waals surface area contributed by atoms with Gasteiger partial charge >= 0.3 is 0 Å². The number of ether oxygens (including phenoxy) is 2. The first-order chi connectivity index (χ1) is 10.2. The third-order valence-electron chi connectivity index (χ3n) is 3.51. The van der Waals surface area contributed by atoms with Gasteiger partial charge in [0, 0.05) is 5.71 Å². The third-order valence-corrected chi connectivity index (χ3v) is 3.51. The first kappa shape index (κ1) is 15.4. The Labute approximate surface area is 125 Å². The number of methoxy groups -OCH3 is 1. The fraction of sp³-hybridized carbons (Fsp3) is 0.500. The fourth-order valence-electron chi connectivity index (χ4n) is 2.42. The number of benzene rings is 1. The van der Waals surface area contributed by atoms with Gasteiger partial charge in [-0.1, -0.05) is 19.1 Å². The number of hydrogen-bond acceptors (Lipinski definition) is 4. The maximum atomic E-state index is 11.8. The van der Waals surface area contributed by atoms with Crippen LogP contribution in [0, 0.1) is 5.92 Å². The summed E-state index contributed by atoms with van der Waals surface area (Å²) >= 11 is 0. The van der Waals surface area contributed by atoms with E-state index >= 15 is 0 Å². The number of amides is 1. The zero-order valence-electron chi connectivity index (χ0n) is 12.6. The molecular formula is C16H22N2O3. The van der Waals surface area contributed by atoms with Gasteiger partial charge in [0.1, 0.15) is 0 Å².